The summed E-state index contributed by atoms with van der Waals surface area (Å²) in [6.07, 6.45) is 0.395. The highest BCUT2D eigenvalue weighted by molar-refractivity contribution is 7.91. The Bertz CT molecular complexity index is 663. The van der Waals surface area contributed by atoms with Crippen molar-refractivity contribution in [3.05, 3.63) is 15.8 Å². The number of ether oxygens (including phenoxy) is 1. The highest BCUT2D eigenvalue weighted by Gasteiger charge is 2.29. The lowest BCUT2D eigenvalue weighted by molar-refractivity contribution is -0.123. The van der Waals surface area contributed by atoms with Crippen LogP contribution >= 0.6 is 11.3 Å². The van der Waals surface area contributed by atoms with E-state index in [1.807, 2.05) is 0 Å². The smallest absolute Gasteiger partial charge is 0.349 e. The van der Waals surface area contributed by atoms with Gasteiger partial charge in [0, 0.05) is 10.9 Å². The maximum atomic E-state index is 11.7. The summed E-state index contributed by atoms with van der Waals surface area (Å²) in [6.45, 7) is 1.40. The van der Waals surface area contributed by atoms with E-state index in [2.05, 4.69) is 5.32 Å². The normalized spacial score (nSPS) is 20.1. The zero-order valence-corrected chi connectivity index (χ0v) is 12.9. The predicted octanol–water partition coefficient (Wildman–Crippen LogP) is 0.437. The van der Waals surface area contributed by atoms with Crippen LogP contribution in [-0.4, -0.2) is 49.6 Å². The summed E-state index contributed by atoms with van der Waals surface area (Å²) in [4.78, 5) is 23.5. The Kier molecular flexibility index (Phi) is 4.52. The summed E-state index contributed by atoms with van der Waals surface area (Å²) in [7, 11) is -3.05. The van der Waals surface area contributed by atoms with Crippen LogP contribution in [0, 0.1) is 6.92 Å². The van der Waals surface area contributed by atoms with Crippen molar-refractivity contribution >= 4 is 33.1 Å². The third kappa shape index (κ3) is 4.18. The van der Waals surface area contributed by atoms with E-state index in [0.717, 1.165) is 16.2 Å². The largest absolute Gasteiger partial charge is 0.482 e. The van der Waals surface area contributed by atoms with Gasteiger partial charge in [0.1, 0.15) is 5.75 Å². The second kappa shape index (κ2) is 6.02. The fourth-order valence-electron chi connectivity index (χ4n) is 2.07. The van der Waals surface area contributed by atoms with Crippen LogP contribution < -0.4 is 10.1 Å². The lowest BCUT2D eigenvalue weighted by atomic mass is 10.2. The average Bonchev–Trinajstić information content (AvgIpc) is 2.89. The topological polar surface area (TPSA) is 110 Å². The molecule has 1 atom stereocenters. The number of aromatic carboxylic acids is 1. The molecule has 21 heavy (non-hydrogen) atoms. The Morgan fingerprint density at radius 1 is 1.52 bits per heavy atom. The van der Waals surface area contributed by atoms with Crippen LogP contribution in [0.4, 0.5) is 0 Å². The molecule has 2 rings (SSSR count). The van der Waals surface area contributed by atoms with Crippen molar-refractivity contribution in [1.29, 1.82) is 0 Å². The molecule has 7 nitrogen and oxygen atoms in total. The number of sulfone groups is 1. The van der Waals surface area contributed by atoms with Crippen LogP contribution in [0.25, 0.3) is 0 Å². The molecule has 116 valence electrons. The number of amides is 1. The van der Waals surface area contributed by atoms with Crippen LogP contribution in [0.3, 0.4) is 0 Å². The van der Waals surface area contributed by atoms with Gasteiger partial charge in [-0.25, -0.2) is 13.2 Å². The van der Waals surface area contributed by atoms with E-state index in [0.29, 0.717) is 6.42 Å². The Morgan fingerprint density at radius 3 is 2.81 bits per heavy atom. The first-order chi connectivity index (χ1) is 9.77. The van der Waals surface area contributed by atoms with Crippen LogP contribution in [-0.2, 0) is 14.6 Å². The third-order valence-electron chi connectivity index (χ3n) is 2.97. The maximum Gasteiger partial charge on any atom is 0.349 e. The molecule has 1 fully saturated rings. The standard InChI is InChI=1S/C12H15NO6S2/c1-7-4-9(11(20-7)12(15)16)19-5-10(14)13-8-2-3-21(17,18)6-8/h4,8H,2-3,5-6H2,1H3,(H,13,14)(H,15,16). The third-order valence-corrected chi connectivity index (χ3v) is 5.76. The summed E-state index contributed by atoms with van der Waals surface area (Å²) >= 11 is 1.07. The molecule has 1 aliphatic heterocycles. The quantitative estimate of drug-likeness (QED) is 0.809. The molecule has 0 radical (unpaired) electrons. The van der Waals surface area contributed by atoms with E-state index in [1.165, 1.54) is 0 Å². The van der Waals surface area contributed by atoms with Gasteiger partial charge in [-0.15, -0.1) is 11.3 Å². The molecule has 0 aromatic carbocycles. The Morgan fingerprint density at radius 2 is 2.24 bits per heavy atom. The molecule has 1 aromatic heterocycles. The Labute approximate surface area is 125 Å². The van der Waals surface area contributed by atoms with Crippen molar-refractivity contribution in [1.82, 2.24) is 5.32 Å². The maximum absolute atomic E-state index is 11.7. The Hall–Kier alpha value is -1.61. The molecule has 1 aliphatic rings. The molecule has 9 heteroatoms. The van der Waals surface area contributed by atoms with Gasteiger partial charge in [0.05, 0.1) is 11.5 Å². The molecule has 2 heterocycles. The first-order valence-electron chi connectivity index (χ1n) is 6.23. The first-order valence-corrected chi connectivity index (χ1v) is 8.87. The van der Waals surface area contributed by atoms with Crippen LogP contribution in [0.1, 0.15) is 21.0 Å². The van der Waals surface area contributed by atoms with Gasteiger partial charge in [0.15, 0.2) is 21.3 Å². The first kappa shape index (κ1) is 15.8. The van der Waals surface area contributed by atoms with Crippen molar-refractivity contribution < 1.29 is 27.9 Å². The zero-order chi connectivity index (χ0) is 15.6. The summed E-state index contributed by atoms with van der Waals surface area (Å²) in [6, 6.07) is 1.16. The molecular formula is C12H15NO6S2. The minimum absolute atomic E-state index is 0.0451. The number of carbonyl (C=O) groups excluding carboxylic acids is 1. The SMILES string of the molecule is Cc1cc(OCC(=O)NC2CCS(=O)(=O)C2)c(C(=O)O)s1. The summed E-state index contributed by atoms with van der Waals surface area (Å²) in [5, 5.41) is 11.6. The van der Waals surface area contributed by atoms with Gasteiger partial charge < -0.3 is 15.2 Å². The van der Waals surface area contributed by atoms with Crippen LogP contribution in [0.5, 0.6) is 5.75 Å². The molecule has 0 saturated carbocycles. The fraction of sp³-hybridized carbons (Fsp3) is 0.500. The van der Waals surface area contributed by atoms with Crippen molar-refractivity contribution in [2.45, 2.75) is 19.4 Å². The predicted molar refractivity (Wildman–Crippen MR) is 76.7 cm³/mol. The van der Waals surface area contributed by atoms with Crippen molar-refractivity contribution in [2.24, 2.45) is 0 Å². The number of thiophene rings is 1. The van der Waals surface area contributed by atoms with Gasteiger partial charge in [0.25, 0.3) is 5.91 Å². The molecular weight excluding hydrogens is 318 g/mol. The fourth-order valence-corrected chi connectivity index (χ4v) is 4.54. The Balaban J connectivity index is 1.89. The van der Waals surface area contributed by atoms with Crippen LogP contribution in [0.15, 0.2) is 6.07 Å². The number of hydrogen-bond donors (Lipinski definition) is 2. The van der Waals surface area contributed by atoms with Gasteiger partial charge in [0.2, 0.25) is 0 Å². The number of carboxylic acids is 1. The summed E-state index contributed by atoms with van der Waals surface area (Å²) in [5.74, 6) is -1.40. The second-order valence-corrected chi connectivity index (χ2v) is 8.30. The van der Waals surface area contributed by atoms with E-state index in [9.17, 15) is 18.0 Å². The second-order valence-electron chi connectivity index (χ2n) is 4.81. The molecule has 1 amide bonds. The number of hydrogen-bond acceptors (Lipinski definition) is 6. The molecule has 1 aromatic rings. The molecule has 2 N–H and O–H groups in total. The summed E-state index contributed by atoms with van der Waals surface area (Å²) in [5.41, 5.74) is 0. The lowest BCUT2D eigenvalue weighted by Crippen LogP contribution is -2.38. The number of carboxylic acid groups (broad SMARTS) is 1. The van der Waals surface area contributed by atoms with Gasteiger partial charge in [-0.3, -0.25) is 4.79 Å². The zero-order valence-electron chi connectivity index (χ0n) is 11.3. The number of carbonyl (C=O) groups is 2. The van der Waals surface area contributed by atoms with Crippen molar-refractivity contribution in [3.63, 3.8) is 0 Å². The minimum atomic E-state index is -3.05. The van der Waals surface area contributed by atoms with E-state index >= 15 is 0 Å². The molecule has 0 aliphatic carbocycles. The average molecular weight is 333 g/mol. The number of nitrogens with one attached hydrogen (secondary N) is 1. The van der Waals surface area contributed by atoms with Crippen molar-refractivity contribution in [2.75, 3.05) is 18.1 Å². The molecule has 1 saturated heterocycles. The number of rotatable bonds is 5. The van der Waals surface area contributed by atoms with Crippen molar-refractivity contribution in [3.8, 4) is 5.75 Å². The lowest BCUT2D eigenvalue weighted by Gasteiger charge is -2.11. The van der Waals surface area contributed by atoms with Gasteiger partial charge in [-0.2, -0.15) is 0 Å². The monoisotopic (exact) mass is 333 g/mol. The van der Waals surface area contributed by atoms with E-state index < -0.39 is 27.8 Å². The highest BCUT2D eigenvalue weighted by Crippen LogP contribution is 2.28. The van der Waals surface area contributed by atoms with Gasteiger partial charge in [-0.1, -0.05) is 0 Å². The van der Waals surface area contributed by atoms with Crippen LogP contribution in [0.2, 0.25) is 0 Å². The minimum Gasteiger partial charge on any atom is -0.482 e. The van der Waals surface area contributed by atoms with Gasteiger partial charge >= 0.3 is 5.97 Å². The summed E-state index contributed by atoms with van der Waals surface area (Å²) < 4.78 is 27.8. The number of aryl methyl sites for hydroxylation is 1. The van der Waals surface area contributed by atoms with E-state index in [4.69, 9.17) is 9.84 Å². The molecule has 0 spiro atoms. The van der Waals surface area contributed by atoms with E-state index in [1.54, 1.807) is 13.0 Å². The van der Waals surface area contributed by atoms with Gasteiger partial charge in [-0.05, 0) is 19.4 Å². The highest BCUT2D eigenvalue weighted by atomic mass is 32.2. The molecule has 0 bridgehead atoms. The van der Waals surface area contributed by atoms with E-state index in [-0.39, 0.29) is 28.7 Å². The molecule has 1 unspecified atom stereocenters.